The molecule has 1 saturated heterocycles. The van der Waals surface area contributed by atoms with Gasteiger partial charge >= 0.3 is 0 Å². The molecule has 1 aliphatic rings. The van der Waals surface area contributed by atoms with E-state index in [1.165, 1.54) is 30.6 Å². The van der Waals surface area contributed by atoms with Crippen LogP contribution in [0.25, 0.3) is 0 Å². The lowest BCUT2D eigenvalue weighted by Crippen LogP contribution is -2.36. The van der Waals surface area contributed by atoms with Gasteiger partial charge in [0.05, 0.1) is 23.3 Å². The predicted octanol–water partition coefficient (Wildman–Crippen LogP) is 3.15. The van der Waals surface area contributed by atoms with Crippen LogP contribution in [0.2, 0.25) is 0 Å². The van der Waals surface area contributed by atoms with Crippen LogP contribution in [-0.4, -0.2) is 46.5 Å². The van der Waals surface area contributed by atoms with Crippen LogP contribution in [0.15, 0.2) is 53.4 Å². The maximum atomic E-state index is 13.0. The van der Waals surface area contributed by atoms with E-state index in [-0.39, 0.29) is 16.4 Å². The first-order chi connectivity index (χ1) is 12.9. The number of rotatable bonds is 5. The molecule has 0 unspecified atom stereocenters. The second-order valence-corrected chi connectivity index (χ2v) is 8.49. The summed E-state index contributed by atoms with van der Waals surface area (Å²) >= 11 is 0. The van der Waals surface area contributed by atoms with Crippen LogP contribution in [0.5, 0.6) is 5.75 Å². The summed E-state index contributed by atoms with van der Waals surface area (Å²) < 4.78 is 32.6. The van der Waals surface area contributed by atoms with Gasteiger partial charge in [0.25, 0.3) is 15.9 Å². The smallest absolute Gasteiger partial charge is 0.264 e. The number of likely N-dealkylation sites (tertiary alicyclic amines) is 1. The molecule has 0 atom stereocenters. The number of hydrogen-bond acceptors (Lipinski definition) is 4. The molecule has 1 heterocycles. The number of sulfonamides is 1. The van der Waals surface area contributed by atoms with E-state index in [1.807, 2.05) is 6.07 Å². The summed E-state index contributed by atoms with van der Waals surface area (Å²) in [7, 11) is -0.817. The molecule has 2 aromatic carbocycles. The van der Waals surface area contributed by atoms with Crippen LogP contribution in [0.3, 0.4) is 0 Å². The van der Waals surface area contributed by atoms with Gasteiger partial charge < -0.3 is 9.64 Å². The zero-order valence-electron chi connectivity index (χ0n) is 15.6. The van der Waals surface area contributed by atoms with E-state index in [1.54, 1.807) is 35.2 Å². The number of methoxy groups -OCH3 is 1. The van der Waals surface area contributed by atoms with Crippen molar-refractivity contribution in [2.75, 3.05) is 31.6 Å². The summed E-state index contributed by atoms with van der Waals surface area (Å²) in [6, 6.07) is 13.3. The summed E-state index contributed by atoms with van der Waals surface area (Å²) in [5, 5.41) is 0. The van der Waals surface area contributed by atoms with Crippen LogP contribution >= 0.6 is 0 Å². The molecule has 0 saturated carbocycles. The Morgan fingerprint density at radius 1 is 1.04 bits per heavy atom. The summed E-state index contributed by atoms with van der Waals surface area (Å²) in [6.07, 6.45) is 3.03. The number of ether oxygens (including phenoxy) is 1. The minimum absolute atomic E-state index is 0.0648. The Hall–Kier alpha value is -2.54. The highest BCUT2D eigenvalue weighted by molar-refractivity contribution is 7.92. The number of anilines is 1. The molecule has 1 fully saturated rings. The second-order valence-electron chi connectivity index (χ2n) is 6.52. The molecule has 6 nitrogen and oxygen atoms in total. The van der Waals surface area contributed by atoms with E-state index < -0.39 is 10.0 Å². The largest absolute Gasteiger partial charge is 0.496 e. The second kappa shape index (κ2) is 8.00. The Bertz CT molecular complexity index is 907. The fourth-order valence-electron chi connectivity index (χ4n) is 3.22. The van der Waals surface area contributed by atoms with Crippen molar-refractivity contribution >= 4 is 21.6 Å². The molecule has 0 aliphatic carbocycles. The van der Waals surface area contributed by atoms with Crippen LogP contribution in [0, 0.1) is 0 Å². The molecule has 0 bridgehead atoms. The van der Waals surface area contributed by atoms with Gasteiger partial charge in [-0.2, -0.15) is 0 Å². The minimum atomic E-state index is -3.80. The van der Waals surface area contributed by atoms with Crippen LogP contribution in [-0.2, 0) is 10.0 Å². The molecule has 1 amide bonds. The quantitative estimate of drug-likeness (QED) is 0.789. The zero-order valence-corrected chi connectivity index (χ0v) is 16.4. The number of para-hydroxylation sites is 1. The molecule has 27 heavy (non-hydrogen) atoms. The van der Waals surface area contributed by atoms with Gasteiger partial charge in [0, 0.05) is 20.1 Å². The van der Waals surface area contributed by atoms with E-state index >= 15 is 0 Å². The van der Waals surface area contributed by atoms with E-state index in [9.17, 15) is 13.2 Å². The molecule has 0 spiro atoms. The van der Waals surface area contributed by atoms with E-state index in [0.29, 0.717) is 24.5 Å². The average Bonchev–Trinajstić information content (AvgIpc) is 2.73. The fraction of sp³-hybridized carbons (Fsp3) is 0.350. The van der Waals surface area contributed by atoms with Gasteiger partial charge in [0.1, 0.15) is 5.75 Å². The summed E-state index contributed by atoms with van der Waals surface area (Å²) in [5.41, 5.74) is 0.833. The molecule has 144 valence electrons. The van der Waals surface area contributed by atoms with Gasteiger partial charge in [0.2, 0.25) is 0 Å². The van der Waals surface area contributed by atoms with Crippen molar-refractivity contribution in [1.82, 2.24) is 4.90 Å². The van der Waals surface area contributed by atoms with Crippen molar-refractivity contribution in [3.63, 3.8) is 0 Å². The van der Waals surface area contributed by atoms with Crippen LogP contribution < -0.4 is 9.04 Å². The number of benzene rings is 2. The van der Waals surface area contributed by atoms with Crippen LogP contribution in [0.4, 0.5) is 5.69 Å². The maximum Gasteiger partial charge on any atom is 0.264 e. The Labute approximate surface area is 160 Å². The maximum absolute atomic E-state index is 13.0. The topological polar surface area (TPSA) is 66.9 Å². The van der Waals surface area contributed by atoms with Gasteiger partial charge in [-0.15, -0.1) is 0 Å². The van der Waals surface area contributed by atoms with E-state index in [0.717, 1.165) is 19.3 Å². The van der Waals surface area contributed by atoms with Crippen molar-refractivity contribution < 1.29 is 17.9 Å². The average molecular weight is 388 g/mol. The first-order valence-electron chi connectivity index (χ1n) is 8.96. The number of hydrogen-bond donors (Lipinski definition) is 0. The molecule has 3 rings (SSSR count). The lowest BCUT2D eigenvalue weighted by atomic mass is 10.1. The molecule has 7 heteroatoms. The first-order valence-corrected chi connectivity index (χ1v) is 10.4. The number of carbonyl (C=O) groups is 1. The Morgan fingerprint density at radius 3 is 2.33 bits per heavy atom. The molecule has 0 N–H and O–H groups in total. The lowest BCUT2D eigenvalue weighted by molar-refractivity contribution is 0.0720. The number of carbonyl (C=O) groups excluding carboxylic acids is 1. The highest BCUT2D eigenvalue weighted by Gasteiger charge is 2.26. The van der Waals surface area contributed by atoms with Crippen molar-refractivity contribution in [2.24, 2.45) is 0 Å². The predicted molar refractivity (Wildman–Crippen MR) is 105 cm³/mol. The third-order valence-electron chi connectivity index (χ3n) is 4.82. The molecule has 0 radical (unpaired) electrons. The van der Waals surface area contributed by atoms with Gasteiger partial charge in [0.15, 0.2) is 0 Å². The Morgan fingerprint density at radius 2 is 1.70 bits per heavy atom. The molecular formula is C20H24N2O4S. The first kappa shape index (κ1) is 19.2. The molecule has 1 aliphatic heterocycles. The third kappa shape index (κ3) is 3.93. The summed E-state index contributed by atoms with van der Waals surface area (Å²) in [4.78, 5) is 14.8. The van der Waals surface area contributed by atoms with Crippen molar-refractivity contribution in [1.29, 1.82) is 0 Å². The summed E-state index contributed by atoms with van der Waals surface area (Å²) in [6.45, 7) is 1.37. The highest BCUT2D eigenvalue weighted by Crippen LogP contribution is 2.28. The highest BCUT2D eigenvalue weighted by atomic mass is 32.2. The van der Waals surface area contributed by atoms with Gasteiger partial charge in [-0.3, -0.25) is 9.10 Å². The summed E-state index contributed by atoms with van der Waals surface area (Å²) in [5.74, 6) is 0.192. The van der Waals surface area contributed by atoms with Gasteiger partial charge in [-0.25, -0.2) is 8.42 Å². The molecular weight excluding hydrogens is 364 g/mol. The van der Waals surface area contributed by atoms with Crippen molar-refractivity contribution in [2.45, 2.75) is 24.2 Å². The monoisotopic (exact) mass is 388 g/mol. The number of amides is 1. The lowest BCUT2D eigenvalue weighted by Gasteiger charge is -2.27. The van der Waals surface area contributed by atoms with E-state index in [4.69, 9.17) is 4.74 Å². The Kier molecular flexibility index (Phi) is 5.70. The third-order valence-corrected chi connectivity index (χ3v) is 6.60. The standard InChI is InChI=1S/C20H24N2O4S/c1-21(16-9-5-3-6-10-16)27(24,25)17-11-12-19(26-2)18(15-17)20(23)22-13-7-4-8-14-22/h3,5-6,9-12,15H,4,7-8,13-14H2,1-2H3. The SMILES string of the molecule is COc1ccc(S(=O)(=O)N(C)c2ccccc2)cc1C(=O)N1CCCCC1. The zero-order chi connectivity index (χ0) is 19.4. The van der Waals surface area contributed by atoms with Gasteiger partial charge in [-0.1, -0.05) is 18.2 Å². The van der Waals surface area contributed by atoms with Crippen molar-refractivity contribution in [3.8, 4) is 5.75 Å². The fourth-order valence-corrected chi connectivity index (χ4v) is 4.44. The van der Waals surface area contributed by atoms with Crippen molar-refractivity contribution in [3.05, 3.63) is 54.1 Å². The van der Waals surface area contributed by atoms with Crippen LogP contribution in [0.1, 0.15) is 29.6 Å². The van der Waals surface area contributed by atoms with Gasteiger partial charge in [-0.05, 0) is 49.6 Å². The van der Waals surface area contributed by atoms with E-state index in [2.05, 4.69) is 0 Å². The number of nitrogens with zero attached hydrogens (tertiary/aromatic N) is 2. The molecule has 2 aromatic rings. The molecule has 0 aromatic heterocycles. The number of piperidine rings is 1. The Balaban J connectivity index is 1.98. The normalized spacial score (nSPS) is 14.7. The minimum Gasteiger partial charge on any atom is -0.496 e.